The fourth-order valence-electron chi connectivity index (χ4n) is 4.45. The van der Waals surface area contributed by atoms with Gasteiger partial charge in [-0.3, -0.25) is 4.79 Å². The van der Waals surface area contributed by atoms with Crippen molar-refractivity contribution >= 4 is 17.6 Å². The number of amides is 3. The number of piperazine rings is 1. The summed E-state index contributed by atoms with van der Waals surface area (Å²) in [6.45, 7) is 5.78. The second kappa shape index (κ2) is 9.76. The Kier molecular flexibility index (Phi) is 6.64. The van der Waals surface area contributed by atoms with Crippen LogP contribution >= 0.6 is 0 Å². The van der Waals surface area contributed by atoms with Gasteiger partial charge in [0.15, 0.2) is 0 Å². The molecule has 2 aliphatic rings. The average molecular weight is 408 g/mol. The summed E-state index contributed by atoms with van der Waals surface area (Å²) in [4.78, 5) is 31.0. The monoisotopic (exact) mass is 407 g/mol. The SMILES string of the molecule is O=C(Nc1ccccc1)N1CCC[C@H](C(=O)N2CC[NH+](Cc3ccccc3)CC2)C1. The van der Waals surface area contributed by atoms with Crippen LogP contribution in [0, 0.1) is 5.92 Å². The predicted molar refractivity (Wildman–Crippen MR) is 117 cm³/mol. The summed E-state index contributed by atoms with van der Waals surface area (Å²) in [6, 6.07) is 19.9. The van der Waals surface area contributed by atoms with E-state index in [1.54, 1.807) is 4.90 Å². The minimum absolute atomic E-state index is 0.0871. The molecule has 158 valence electrons. The molecule has 4 rings (SSSR count). The van der Waals surface area contributed by atoms with Gasteiger partial charge in [0.05, 0.1) is 32.1 Å². The molecule has 0 aromatic heterocycles. The van der Waals surface area contributed by atoms with Crippen LogP contribution in [0.15, 0.2) is 60.7 Å². The summed E-state index contributed by atoms with van der Waals surface area (Å²) < 4.78 is 0. The van der Waals surface area contributed by atoms with Crippen molar-refractivity contribution in [3.05, 3.63) is 66.2 Å². The fourth-order valence-corrected chi connectivity index (χ4v) is 4.45. The maximum absolute atomic E-state index is 13.1. The first kappa shape index (κ1) is 20.4. The van der Waals surface area contributed by atoms with E-state index in [1.165, 1.54) is 10.5 Å². The van der Waals surface area contributed by atoms with Crippen LogP contribution in [0.3, 0.4) is 0 Å². The smallest absolute Gasteiger partial charge is 0.321 e. The lowest BCUT2D eigenvalue weighted by Crippen LogP contribution is -3.13. The van der Waals surface area contributed by atoms with Crippen molar-refractivity contribution in [1.29, 1.82) is 0 Å². The lowest BCUT2D eigenvalue weighted by atomic mass is 9.96. The van der Waals surface area contributed by atoms with E-state index in [1.807, 2.05) is 41.3 Å². The number of carbonyl (C=O) groups is 2. The number of carbonyl (C=O) groups excluding carboxylic acids is 2. The Bertz CT molecular complexity index is 835. The van der Waals surface area contributed by atoms with Gasteiger partial charge in [0.1, 0.15) is 6.54 Å². The molecule has 0 spiro atoms. The summed E-state index contributed by atoms with van der Waals surface area (Å²) in [5.74, 6) is 0.127. The van der Waals surface area contributed by atoms with E-state index in [4.69, 9.17) is 0 Å². The van der Waals surface area contributed by atoms with Gasteiger partial charge in [-0.25, -0.2) is 4.79 Å². The maximum atomic E-state index is 13.1. The molecule has 2 heterocycles. The molecule has 2 saturated heterocycles. The number of anilines is 1. The molecular formula is C24H31N4O2+. The van der Waals surface area contributed by atoms with E-state index in [0.29, 0.717) is 13.1 Å². The Hall–Kier alpha value is -2.86. The average Bonchev–Trinajstić information content (AvgIpc) is 2.80. The second-order valence-electron chi connectivity index (χ2n) is 8.32. The number of likely N-dealkylation sites (tertiary alicyclic amines) is 1. The van der Waals surface area contributed by atoms with Gasteiger partial charge in [0.2, 0.25) is 5.91 Å². The molecule has 2 aromatic rings. The van der Waals surface area contributed by atoms with Crippen molar-refractivity contribution in [3.8, 4) is 0 Å². The lowest BCUT2D eigenvalue weighted by Gasteiger charge is -2.37. The molecule has 6 nitrogen and oxygen atoms in total. The number of quaternary nitrogens is 1. The van der Waals surface area contributed by atoms with Crippen LogP contribution in [0.2, 0.25) is 0 Å². The van der Waals surface area contributed by atoms with E-state index in [-0.39, 0.29) is 17.9 Å². The van der Waals surface area contributed by atoms with Crippen molar-refractivity contribution in [2.75, 3.05) is 44.6 Å². The molecule has 2 fully saturated rings. The molecule has 0 bridgehead atoms. The lowest BCUT2D eigenvalue weighted by molar-refractivity contribution is -0.917. The first-order valence-corrected chi connectivity index (χ1v) is 11.0. The van der Waals surface area contributed by atoms with Crippen molar-refractivity contribution in [3.63, 3.8) is 0 Å². The molecule has 6 heteroatoms. The molecule has 0 aliphatic carbocycles. The summed E-state index contributed by atoms with van der Waals surface area (Å²) in [5.41, 5.74) is 2.13. The van der Waals surface area contributed by atoms with Gasteiger partial charge in [-0.05, 0) is 25.0 Å². The number of urea groups is 1. The van der Waals surface area contributed by atoms with Gasteiger partial charge in [-0.2, -0.15) is 0 Å². The number of hydrogen-bond acceptors (Lipinski definition) is 2. The van der Waals surface area contributed by atoms with E-state index < -0.39 is 0 Å². The number of benzene rings is 2. The third-order valence-corrected chi connectivity index (χ3v) is 6.16. The number of piperidine rings is 1. The molecule has 2 N–H and O–H groups in total. The van der Waals surface area contributed by atoms with Crippen LogP contribution in [-0.2, 0) is 11.3 Å². The normalized spacial score (nSPS) is 20.1. The second-order valence-corrected chi connectivity index (χ2v) is 8.32. The summed E-state index contributed by atoms with van der Waals surface area (Å²) in [7, 11) is 0. The van der Waals surface area contributed by atoms with Gasteiger partial charge in [-0.15, -0.1) is 0 Å². The minimum atomic E-state index is -0.115. The first-order chi connectivity index (χ1) is 14.7. The number of nitrogens with zero attached hydrogens (tertiary/aromatic N) is 2. The zero-order chi connectivity index (χ0) is 20.8. The number of para-hydroxylation sites is 1. The molecule has 3 amide bonds. The summed E-state index contributed by atoms with van der Waals surface area (Å²) in [6.07, 6.45) is 1.74. The molecule has 0 unspecified atom stereocenters. The highest BCUT2D eigenvalue weighted by molar-refractivity contribution is 5.90. The summed E-state index contributed by atoms with van der Waals surface area (Å²) >= 11 is 0. The Morgan fingerprint density at radius 2 is 1.57 bits per heavy atom. The fraction of sp³-hybridized carbons (Fsp3) is 0.417. The zero-order valence-corrected chi connectivity index (χ0v) is 17.4. The van der Waals surface area contributed by atoms with Crippen molar-refractivity contribution in [2.45, 2.75) is 19.4 Å². The predicted octanol–water partition coefficient (Wildman–Crippen LogP) is 1.86. The van der Waals surface area contributed by atoms with Gasteiger partial charge in [0.25, 0.3) is 0 Å². The quantitative estimate of drug-likeness (QED) is 0.813. The third-order valence-electron chi connectivity index (χ3n) is 6.16. The molecule has 2 aliphatic heterocycles. The third kappa shape index (κ3) is 5.19. The molecule has 1 atom stereocenters. The minimum Gasteiger partial charge on any atom is -0.331 e. The van der Waals surface area contributed by atoms with Crippen LogP contribution in [0.25, 0.3) is 0 Å². The van der Waals surface area contributed by atoms with E-state index in [9.17, 15) is 9.59 Å². The first-order valence-electron chi connectivity index (χ1n) is 11.0. The van der Waals surface area contributed by atoms with E-state index >= 15 is 0 Å². The molecular weight excluding hydrogens is 376 g/mol. The van der Waals surface area contributed by atoms with Gasteiger partial charge in [-0.1, -0.05) is 48.5 Å². The van der Waals surface area contributed by atoms with E-state index in [2.05, 4.69) is 29.6 Å². The van der Waals surface area contributed by atoms with Crippen LogP contribution < -0.4 is 10.2 Å². The molecule has 0 saturated carbocycles. The van der Waals surface area contributed by atoms with Crippen molar-refractivity contribution in [2.24, 2.45) is 5.92 Å². The molecule has 0 radical (unpaired) electrons. The highest BCUT2D eigenvalue weighted by atomic mass is 16.2. The van der Waals surface area contributed by atoms with Gasteiger partial charge >= 0.3 is 6.03 Å². The highest BCUT2D eigenvalue weighted by Crippen LogP contribution is 2.20. The van der Waals surface area contributed by atoms with Crippen LogP contribution in [-0.4, -0.2) is 61.0 Å². The Morgan fingerprint density at radius 3 is 2.27 bits per heavy atom. The topological polar surface area (TPSA) is 57.1 Å². The standard InChI is InChI=1S/C24H30N4O2/c29-23(27-16-14-26(15-17-27)18-20-8-3-1-4-9-20)21-10-7-13-28(19-21)24(30)25-22-11-5-2-6-12-22/h1-6,8-9,11-12,21H,7,10,13-19H2,(H,25,30)/p+1/t21-/m0/s1. The van der Waals surface area contributed by atoms with Gasteiger partial charge < -0.3 is 20.0 Å². The van der Waals surface area contributed by atoms with Crippen LogP contribution in [0.1, 0.15) is 18.4 Å². The van der Waals surface area contributed by atoms with Crippen LogP contribution in [0.5, 0.6) is 0 Å². The van der Waals surface area contributed by atoms with Crippen molar-refractivity contribution in [1.82, 2.24) is 9.80 Å². The van der Waals surface area contributed by atoms with Crippen molar-refractivity contribution < 1.29 is 14.5 Å². The van der Waals surface area contributed by atoms with Crippen LogP contribution in [0.4, 0.5) is 10.5 Å². The molecule has 30 heavy (non-hydrogen) atoms. The number of hydrogen-bond donors (Lipinski definition) is 2. The Balaban J connectivity index is 1.27. The molecule has 2 aromatic carbocycles. The summed E-state index contributed by atoms with van der Waals surface area (Å²) in [5, 5.41) is 2.94. The number of rotatable bonds is 4. The van der Waals surface area contributed by atoms with Gasteiger partial charge in [0, 0.05) is 24.3 Å². The highest BCUT2D eigenvalue weighted by Gasteiger charge is 2.33. The largest absolute Gasteiger partial charge is 0.331 e. The zero-order valence-electron chi connectivity index (χ0n) is 17.4. The number of nitrogens with one attached hydrogen (secondary N) is 2. The Morgan fingerprint density at radius 1 is 0.900 bits per heavy atom. The Labute approximate surface area is 178 Å². The van der Waals surface area contributed by atoms with E-state index in [0.717, 1.165) is 51.3 Å². The maximum Gasteiger partial charge on any atom is 0.321 e.